The van der Waals surface area contributed by atoms with Gasteiger partial charge < -0.3 is 19.3 Å². The fourth-order valence-electron chi connectivity index (χ4n) is 4.83. The van der Waals surface area contributed by atoms with E-state index in [4.69, 9.17) is 9.47 Å². The molecule has 2 bridgehead atoms. The van der Waals surface area contributed by atoms with Crippen molar-refractivity contribution in [2.75, 3.05) is 44.3 Å². The van der Waals surface area contributed by atoms with Crippen LogP contribution in [0, 0.1) is 11.8 Å². The van der Waals surface area contributed by atoms with Crippen molar-refractivity contribution in [3.05, 3.63) is 42.5 Å². The summed E-state index contributed by atoms with van der Waals surface area (Å²) in [7, 11) is 0. The van der Waals surface area contributed by atoms with Crippen LogP contribution in [0.1, 0.15) is 0 Å². The number of ether oxygens (including phenoxy) is 2. The summed E-state index contributed by atoms with van der Waals surface area (Å²) in [6, 6.07) is 9.59. The highest BCUT2D eigenvalue weighted by atomic mass is 32.2. The van der Waals surface area contributed by atoms with Crippen molar-refractivity contribution in [3.8, 4) is 5.75 Å². The van der Waals surface area contributed by atoms with Gasteiger partial charge in [0, 0.05) is 24.6 Å². The first-order valence-corrected chi connectivity index (χ1v) is 11.0. The number of carbonyl (C=O) groups is 2. The van der Waals surface area contributed by atoms with Crippen LogP contribution in [0.2, 0.25) is 0 Å². The first kappa shape index (κ1) is 18.1. The number of fused-ring (bicyclic) bond motifs is 1. The molecule has 148 valence electrons. The number of nitrogens with zero attached hydrogens (tertiary/aromatic N) is 2. The molecule has 28 heavy (non-hydrogen) atoms. The Bertz CT molecular complexity index is 795. The maximum absolute atomic E-state index is 13.2. The Morgan fingerprint density at radius 2 is 2.04 bits per heavy atom. The normalized spacial score (nSPS) is 33.4. The molecule has 1 aromatic carbocycles. The summed E-state index contributed by atoms with van der Waals surface area (Å²) in [5.41, 5.74) is -0.640. The van der Waals surface area contributed by atoms with Gasteiger partial charge in [-0.2, -0.15) is 11.8 Å². The van der Waals surface area contributed by atoms with E-state index in [9.17, 15) is 9.59 Å². The third-order valence-electron chi connectivity index (χ3n) is 6.16. The molecule has 0 aliphatic carbocycles. The molecular weight excluding hydrogens is 376 g/mol. The number of thioether (sulfide) groups is 1. The highest BCUT2D eigenvalue weighted by Crippen LogP contribution is 2.52. The fourth-order valence-corrected chi connectivity index (χ4v) is 5.74. The third kappa shape index (κ3) is 2.92. The lowest BCUT2D eigenvalue weighted by atomic mass is 9.76. The Morgan fingerprint density at radius 1 is 1.25 bits per heavy atom. The van der Waals surface area contributed by atoms with E-state index in [1.807, 2.05) is 59.1 Å². The van der Waals surface area contributed by atoms with Crippen LogP contribution >= 0.6 is 11.8 Å². The molecule has 2 amide bonds. The predicted molar refractivity (Wildman–Crippen MR) is 106 cm³/mol. The monoisotopic (exact) mass is 400 g/mol. The number of benzene rings is 1. The Morgan fingerprint density at radius 3 is 2.82 bits per heavy atom. The Hall–Kier alpha value is -1.99. The Kier molecular flexibility index (Phi) is 4.59. The highest BCUT2D eigenvalue weighted by molar-refractivity contribution is 7.99. The average molecular weight is 401 g/mol. The van der Waals surface area contributed by atoms with E-state index in [2.05, 4.69) is 0 Å². The summed E-state index contributed by atoms with van der Waals surface area (Å²) in [4.78, 5) is 30.1. The molecule has 0 saturated carbocycles. The van der Waals surface area contributed by atoms with Crippen molar-refractivity contribution < 1.29 is 19.1 Å². The lowest BCUT2D eigenvalue weighted by molar-refractivity contribution is -0.143. The van der Waals surface area contributed by atoms with Crippen LogP contribution in [0.4, 0.5) is 0 Å². The summed E-state index contributed by atoms with van der Waals surface area (Å²) in [5.74, 6) is 2.03. The summed E-state index contributed by atoms with van der Waals surface area (Å²) < 4.78 is 12.0. The van der Waals surface area contributed by atoms with Crippen molar-refractivity contribution >= 4 is 23.6 Å². The molecule has 4 heterocycles. The second-order valence-electron chi connectivity index (χ2n) is 7.76. The van der Waals surface area contributed by atoms with Gasteiger partial charge in [-0.1, -0.05) is 30.4 Å². The Labute approximate surface area is 168 Å². The lowest BCUT2D eigenvalue weighted by Gasteiger charge is -2.32. The van der Waals surface area contributed by atoms with Crippen molar-refractivity contribution in [1.29, 1.82) is 0 Å². The van der Waals surface area contributed by atoms with Crippen molar-refractivity contribution in [1.82, 2.24) is 9.80 Å². The number of amides is 2. The molecule has 7 heteroatoms. The van der Waals surface area contributed by atoms with Crippen LogP contribution in [0.3, 0.4) is 0 Å². The minimum atomic E-state index is -0.640. The van der Waals surface area contributed by atoms with Crippen molar-refractivity contribution in [2.45, 2.75) is 11.7 Å². The Balaban J connectivity index is 1.28. The number of carbonyl (C=O) groups excluding carboxylic acids is 2. The topological polar surface area (TPSA) is 59.1 Å². The largest absolute Gasteiger partial charge is 0.492 e. The van der Waals surface area contributed by atoms with E-state index in [1.165, 1.54) is 0 Å². The van der Waals surface area contributed by atoms with Crippen molar-refractivity contribution in [3.63, 3.8) is 0 Å². The number of hydrogen-bond acceptors (Lipinski definition) is 5. The van der Waals surface area contributed by atoms with Gasteiger partial charge in [0.25, 0.3) is 0 Å². The van der Waals surface area contributed by atoms with Crippen LogP contribution < -0.4 is 4.74 Å². The molecule has 1 aromatic rings. The second-order valence-corrected chi connectivity index (χ2v) is 8.98. The summed E-state index contributed by atoms with van der Waals surface area (Å²) in [6.07, 6.45) is 3.72. The van der Waals surface area contributed by atoms with Crippen LogP contribution in [0.15, 0.2) is 42.5 Å². The maximum atomic E-state index is 13.2. The fraction of sp³-hybridized carbons (Fsp3) is 0.524. The molecule has 4 aliphatic heterocycles. The molecule has 0 aromatic heterocycles. The van der Waals surface area contributed by atoms with E-state index in [0.717, 1.165) is 30.3 Å². The van der Waals surface area contributed by atoms with Crippen LogP contribution in [-0.4, -0.2) is 77.6 Å². The zero-order valence-corrected chi connectivity index (χ0v) is 16.5. The van der Waals surface area contributed by atoms with E-state index < -0.39 is 11.5 Å². The number of hydrogen-bond donors (Lipinski definition) is 0. The van der Waals surface area contributed by atoms with Gasteiger partial charge >= 0.3 is 0 Å². The predicted octanol–water partition coefficient (Wildman–Crippen LogP) is 1.42. The highest BCUT2D eigenvalue weighted by Gasteiger charge is 2.67. The van der Waals surface area contributed by atoms with E-state index in [1.54, 1.807) is 4.90 Å². The number of likely N-dealkylation sites (tertiary alicyclic amines) is 1. The molecule has 3 saturated heterocycles. The van der Waals surface area contributed by atoms with Gasteiger partial charge in [0.05, 0.1) is 31.0 Å². The number of para-hydroxylation sites is 1. The molecule has 2 unspecified atom stereocenters. The van der Waals surface area contributed by atoms with Gasteiger partial charge in [0.15, 0.2) is 0 Å². The van der Waals surface area contributed by atoms with Gasteiger partial charge in [0.2, 0.25) is 11.8 Å². The first-order chi connectivity index (χ1) is 13.7. The zero-order chi connectivity index (χ0) is 19.1. The van der Waals surface area contributed by atoms with Gasteiger partial charge in [-0.25, -0.2) is 0 Å². The minimum absolute atomic E-state index is 0.0215. The lowest BCUT2D eigenvalue weighted by Crippen LogP contribution is -2.48. The molecule has 4 aliphatic rings. The van der Waals surface area contributed by atoms with E-state index >= 15 is 0 Å². The molecular formula is C21H24N2O4S. The van der Waals surface area contributed by atoms with E-state index in [0.29, 0.717) is 19.7 Å². The van der Waals surface area contributed by atoms with Gasteiger partial charge in [-0.3, -0.25) is 9.59 Å². The van der Waals surface area contributed by atoms with Crippen LogP contribution in [-0.2, 0) is 14.3 Å². The minimum Gasteiger partial charge on any atom is -0.492 e. The summed E-state index contributed by atoms with van der Waals surface area (Å²) >= 11 is 1.87. The zero-order valence-electron chi connectivity index (χ0n) is 15.7. The van der Waals surface area contributed by atoms with E-state index in [-0.39, 0.29) is 23.8 Å². The standard InChI is InChI=1S/C21H24N2O4S/c24-19(22-9-12-28-13-10-22)17-16-6-7-21(27-16)14-23(20(25)18(17)21)8-11-26-15-4-2-1-3-5-15/h1-7,16-18H,8-14H2/t16-,17?,18?,21-/m0/s1. The summed E-state index contributed by atoms with van der Waals surface area (Å²) in [5, 5.41) is 0. The van der Waals surface area contributed by atoms with Crippen molar-refractivity contribution in [2.24, 2.45) is 11.8 Å². The first-order valence-electron chi connectivity index (χ1n) is 9.88. The molecule has 3 fully saturated rings. The second kappa shape index (κ2) is 7.12. The molecule has 4 atom stereocenters. The molecule has 0 N–H and O–H groups in total. The molecule has 5 rings (SSSR count). The van der Waals surface area contributed by atoms with Gasteiger partial charge in [-0.15, -0.1) is 0 Å². The molecule has 0 radical (unpaired) electrons. The molecule has 1 spiro atoms. The maximum Gasteiger partial charge on any atom is 0.230 e. The third-order valence-corrected chi connectivity index (χ3v) is 7.10. The molecule has 6 nitrogen and oxygen atoms in total. The number of rotatable bonds is 5. The summed E-state index contributed by atoms with van der Waals surface area (Å²) in [6.45, 7) is 2.95. The van der Waals surface area contributed by atoms with Crippen LogP contribution in [0.25, 0.3) is 0 Å². The van der Waals surface area contributed by atoms with Crippen LogP contribution in [0.5, 0.6) is 5.75 Å². The SMILES string of the molecule is O=C(C1C2C(=O)N(CCOc3ccccc3)C[C@@]23C=C[C@@H]1O3)N1CCSCC1. The van der Waals surface area contributed by atoms with Gasteiger partial charge in [0.1, 0.15) is 18.0 Å². The van der Waals surface area contributed by atoms with Gasteiger partial charge in [-0.05, 0) is 12.1 Å². The quantitative estimate of drug-likeness (QED) is 0.700. The smallest absolute Gasteiger partial charge is 0.230 e. The average Bonchev–Trinajstić information content (AvgIpc) is 3.37.